The zero-order valence-electron chi connectivity index (χ0n) is 11.7. The first-order valence-corrected chi connectivity index (χ1v) is 6.36. The summed E-state index contributed by atoms with van der Waals surface area (Å²) in [4.78, 5) is 8.31. The first kappa shape index (κ1) is 13.1. The van der Waals surface area contributed by atoms with Gasteiger partial charge in [-0.2, -0.15) is 10.1 Å². The van der Waals surface area contributed by atoms with Crippen LogP contribution in [0.3, 0.4) is 0 Å². The van der Waals surface area contributed by atoms with Gasteiger partial charge in [0.05, 0.1) is 26.0 Å². The number of hydrogen-bond acceptors (Lipinski definition) is 5. The van der Waals surface area contributed by atoms with Gasteiger partial charge >= 0.3 is 6.01 Å². The van der Waals surface area contributed by atoms with Gasteiger partial charge in [-0.05, 0) is 11.1 Å². The van der Waals surface area contributed by atoms with E-state index in [0.717, 1.165) is 22.3 Å². The van der Waals surface area contributed by atoms with Crippen LogP contribution >= 0.6 is 0 Å². The molecule has 0 aliphatic rings. The number of aromatic amines is 1. The van der Waals surface area contributed by atoms with Crippen LogP contribution in [0.2, 0.25) is 0 Å². The molecule has 2 heterocycles. The Labute approximate surface area is 121 Å². The lowest BCUT2D eigenvalue weighted by molar-refractivity contribution is 0.353. The smallest absolute Gasteiger partial charge is 0.319 e. The third-order valence-corrected chi connectivity index (χ3v) is 3.14. The maximum absolute atomic E-state index is 5.30. The maximum Gasteiger partial charge on any atom is 0.319 e. The fourth-order valence-electron chi connectivity index (χ4n) is 2.05. The summed E-state index contributed by atoms with van der Waals surface area (Å²) in [5, 5.41) is 6.75. The van der Waals surface area contributed by atoms with Crippen molar-refractivity contribution in [2.24, 2.45) is 0 Å². The molecule has 6 heteroatoms. The molecule has 1 N–H and O–H groups in total. The third-order valence-electron chi connectivity index (χ3n) is 3.14. The SMILES string of the molecule is COc1ncc(-c2ccc(-c3cn[nH]c3)cc2)c(OC)n1. The summed E-state index contributed by atoms with van der Waals surface area (Å²) in [6, 6.07) is 8.31. The minimum atomic E-state index is 0.283. The van der Waals surface area contributed by atoms with Gasteiger partial charge in [-0.1, -0.05) is 24.3 Å². The summed E-state index contributed by atoms with van der Waals surface area (Å²) in [5.41, 5.74) is 3.92. The van der Waals surface area contributed by atoms with Gasteiger partial charge in [-0.3, -0.25) is 5.10 Å². The molecule has 0 aliphatic heterocycles. The number of ether oxygens (including phenoxy) is 2. The highest BCUT2D eigenvalue weighted by molar-refractivity contribution is 5.72. The summed E-state index contributed by atoms with van der Waals surface area (Å²) in [6.07, 6.45) is 5.33. The number of aromatic nitrogens is 4. The average molecular weight is 282 g/mol. The van der Waals surface area contributed by atoms with Crippen LogP contribution in [0.25, 0.3) is 22.3 Å². The Morgan fingerprint density at radius 2 is 1.67 bits per heavy atom. The zero-order chi connectivity index (χ0) is 14.7. The van der Waals surface area contributed by atoms with Crippen molar-refractivity contribution in [1.82, 2.24) is 20.2 Å². The molecular formula is C15H14N4O2. The molecule has 106 valence electrons. The van der Waals surface area contributed by atoms with Crippen LogP contribution in [-0.2, 0) is 0 Å². The Morgan fingerprint density at radius 3 is 2.29 bits per heavy atom. The molecule has 0 bridgehead atoms. The Kier molecular flexibility index (Phi) is 3.51. The molecule has 0 saturated carbocycles. The van der Waals surface area contributed by atoms with Crippen LogP contribution in [0.15, 0.2) is 42.9 Å². The minimum Gasteiger partial charge on any atom is -0.480 e. The van der Waals surface area contributed by atoms with Crippen LogP contribution in [0.4, 0.5) is 0 Å². The second kappa shape index (κ2) is 5.62. The molecule has 21 heavy (non-hydrogen) atoms. The quantitative estimate of drug-likeness (QED) is 0.796. The highest BCUT2D eigenvalue weighted by Gasteiger charge is 2.10. The molecule has 3 rings (SSSR count). The second-order valence-corrected chi connectivity index (χ2v) is 4.34. The van der Waals surface area contributed by atoms with Crippen molar-refractivity contribution in [3.8, 4) is 34.1 Å². The summed E-state index contributed by atoms with van der Waals surface area (Å²) < 4.78 is 10.3. The van der Waals surface area contributed by atoms with Gasteiger partial charge in [0.25, 0.3) is 0 Å². The maximum atomic E-state index is 5.30. The van der Waals surface area contributed by atoms with Gasteiger partial charge in [0.15, 0.2) is 0 Å². The molecule has 0 atom stereocenters. The Bertz CT molecular complexity index is 724. The Balaban J connectivity index is 1.97. The summed E-state index contributed by atoms with van der Waals surface area (Å²) >= 11 is 0. The van der Waals surface area contributed by atoms with Crippen LogP contribution < -0.4 is 9.47 Å². The first-order valence-electron chi connectivity index (χ1n) is 6.36. The van der Waals surface area contributed by atoms with Crippen molar-refractivity contribution >= 4 is 0 Å². The number of methoxy groups -OCH3 is 2. The lowest BCUT2D eigenvalue weighted by Crippen LogP contribution is -1.97. The number of nitrogens with one attached hydrogen (secondary N) is 1. The largest absolute Gasteiger partial charge is 0.480 e. The van der Waals surface area contributed by atoms with Crippen molar-refractivity contribution < 1.29 is 9.47 Å². The lowest BCUT2D eigenvalue weighted by Gasteiger charge is -2.08. The van der Waals surface area contributed by atoms with E-state index in [1.54, 1.807) is 19.5 Å². The van der Waals surface area contributed by atoms with E-state index in [1.807, 2.05) is 30.5 Å². The molecule has 3 aromatic rings. The van der Waals surface area contributed by atoms with Crippen LogP contribution in [0.5, 0.6) is 11.9 Å². The van der Waals surface area contributed by atoms with Crippen LogP contribution in [0, 0.1) is 0 Å². The number of benzene rings is 1. The van der Waals surface area contributed by atoms with E-state index >= 15 is 0 Å². The summed E-state index contributed by atoms with van der Waals surface area (Å²) in [5.74, 6) is 0.484. The number of H-pyrrole nitrogens is 1. The number of nitrogens with zero attached hydrogens (tertiary/aromatic N) is 3. The van der Waals surface area contributed by atoms with Crippen LogP contribution in [-0.4, -0.2) is 34.4 Å². The second-order valence-electron chi connectivity index (χ2n) is 4.34. The number of hydrogen-bond donors (Lipinski definition) is 1. The van der Waals surface area contributed by atoms with E-state index in [1.165, 1.54) is 7.11 Å². The molecule has 6 nitrogen and oxygen atoms in total. The van der Waals surface area contributed by atoms with Gasteiger partial charge in [-0.15, -0.1) is 0 Å². The van der Waals surface area contributed by atoms with E-state index in [0.29, 0.717) is 5.88 Å². The molecule has 0 fully saturated rings. The molecule has 0 unspecified atom stereocenters. The summed E-state index contributed by atoms with van der Waals surface area (Å²) in [7, 11) is 3.10. The third kappa shape index (κ3) is 2.55. The Morgan fingerprint density at radius 1 is 0.905 bits per heavy atom. The zero-order valence-corrected chi connectivity index (χ0v) is 11.7. The summed E-state index contributed by atoms with van der Waals surface area (Å²) in [6.45, 7) is 0. The highest BCUT2D eigenvalue weighted by atomic mass is 16.5. The highest BCUT2D eigenvalue weighted by Crippen LogP contribution is 2.30. The van der Waals surface area contributed by atoms with Crippen molar-refractivity contribution in [2.45, 2.75) is 0 Å². The monoisotopic (exact) mass is 282 g/mol. The normalized spacial score (nSPS) is 10.4. The minimum absolute atomic E-state index is 0.283. The molecule has 0 aliphatic carbocycles. The van der Waals surface area contributed by atoms with Gasteiger partial charge in [0.1, 0.15) is 0 Å². The Hall–Kier alpha value is -2.89. The van der Waals surface area contributed by atoms with E-state index < -0.39 is 0 Å². The fourth-order valence-corrected chi connectivity index (χ4v) is 2.05. The molecular weight excluding hydrogens is 268 g/mol. The predicted molar refractivity (Wildman–Crippen MR) is 78.2 cm³/mol. The molecule has 0 radical (unpaired) electrons. The van der Waals surface area contributed by atoms with E-state index in [9.17, 15) is 0 Å². The lowest BCUT2D eigenvalue weighted by atomic mass is 10.0. The molecule has 1 aromatic carbocycles. The van der Waals surface area contributed by atoms with Crippen LogP contribution in [0.1, 0.15) is 0 Å². The molecule has 2 aromatic heterocycles. The topological polar surface area (TPSA) is 72.9 Å². The van der Waals surface area contributed by atoms with Crippen molar-refractivity contribution in [3.05, 3.63) is 42.9 Å². The molecule has 0 amide bonds. The average Bonchev–Trinajstić information content (AvgIpc) is 3.09. The molecule has 0 spiro atoms. The van der Waals surface area contributed by atoms with Gasteiger partial charge in [0, 0.05) is 18.0 Å². The van der Waals surface area contributed by atoms with Gasteiger partial charge in [0.2, 0.25) is 5.88 Å². The van der Waals surface area contributed by atoms with Gasteiger partial charge < -0.3 is 9.47 Å². The molecule has 0 saturated heterocycles. The standard InChI is InChI=1S/C15H14N4O2/c1-20-14-13(9-16-15(19-14)21-2)11-5-3-10(4-6-11)12-7-17-18-8-12/h3-9H,1-2H3,(H,17,18). The predicted octanol–water partition coefficient (Wildman–Crippen LogP) is 2.55. The fraction of sp³-hybridized carbons (Fsp3) is 0.133. The van der Waals surface area contributed by atoms with E-state index in [-0.39, 0.29) is 6.01 Å². The van der Waals surface area contributed by atoms with Crippen molar-refractivity contribution in [2.75, 3.05) is 14.2 Å². The number of rotatable bonds is 4. The van der Waals surface area contributed by atoms with E-state index in [2.05, 4.69) is 20.2 Å². The van der Waals surface area contributed by atoms with Gasteiger partial charge in [-0.25, -0.2) is 4.98 Å². The first-order chi connectivity index (χ1) is 10.3. The van der Waals surface area contributed by atoms with Crippen molar-refractivity contribution in [1.29, 1.82) is 0 Å². The van der Waals surface area contributed by atoms with E-state index in [4.69, 9.17) is 9.47 Å². The van der Waals surface area contributed by atoms with Crippen molar-refractivity contribution in [3.63, 3.8) is 0 Å².